The molecule has 0 heterocycles. The van der Waals surface area contributed by atoms with Gasteiger partial charge in [0.15, 0.2) is 0 Å². The van der Waals surface area contributed by atoms with Crippen LogP contribution in [-0.4, -0.2) is 42.4 Å². The number of carbonyl (C=O) groups is 2. The summed E-state index contributed by atoms with van der Waals surface area (Å²) in [6, 6.07) is 0.231. The van der Waals surface area contributed by atoms with Crippen molar-refractivity contribution in [3.63, 3.8) is 0 Å². The zero-order chi connectivity index (χ0) is 15.7. The van der Waals surface area contributed by atoms with Gasteiger partial charge in [-0.1, -0.05) is 12.8 Å². The van der Waals surface area contributed by atoms with Crippen LogP contribution < -0.4 is 11.1 Å². The van der Waals surface area contributed by atoms with Gasteiger partial charge < -0.3 is 16.0 Å². The Hall–Kier alpha value is -1.10. The maximum Gasteiger partial charge on any atom is 0.222 e. The topological polar surface area (TPSA) is 75.4 Å². The first-order valence-electron chi connectivity index (χ1n) is 8.39. The molecular weight excluding hydrogens is 266 g/mol. The Morgan fingerprint density at radius 3 is 2.43 bits per heavy atom. The summed E-state index contributed by atoms with van der Waals surface area (Å²) >= 11 is 0. The van der Waals surface area contributed by atoms with E-state index in [9.17, 15) is 9.59 Å². The van der Waals surface area contributed by atoms with Gasteiger partial charge in [0.25, 0.3) is 0 Å². The molecule has 1 aliphatic carbocycles. The molecule has 0 aliphatic heterocycles. The standard InChI is InChI=1S/C16H31N3O2/c1-3-19(4-2)16(21)11-7-10-15(20)18-14-9-6-5-8-13(14)12-17/h13-14H,3-12,17H2,1-2H3,(H,18,20). The molecule has 1 saturated carbocycles. The molecule has 21 heavy (non-hydrogen) atoms. The van der Waals surface area contributed by atoms with Crippen LogP contribution in [0.4, 0.5) is 0 Å². The molecule has 0 aromatic heterocycles. The first-order valence-corrected chi connectivity index (χ1v) is 8.39. The summed E-state index contributed by atoms with van der Waals surface area (Å²) in [4.78, 5) is 25.6. The van der Waals surface area contributed by atoms with Gasteiger partial charge in [-0.05, 0) is 45.6 Å². The summed E-state index contributed by atoms with van der Waals surface area (Å²) in [5.74, 6) is 0.623. The van der Waals surface area contributed by atoms with Crippen LogP contribution in [0.5, 0.6) is 0 Å². The molecule has 0 aromatic carbocycles. The van der Waals surface area contributed by atoms with E-state index in [-0.39, 0.29) is 17.9 Å². The van der Waals surface area contributed by atoms with E-state index < -0.39 is 0 Å². The van der Waals surface area contributed by atoms with Gasteiger partial charge in [-0.25, -0.2) is 0 Å². The van der Waals surface area contributed by atoms with Crippen LogP contribution in [0.15, 0.2) is 0 Å². The second-order valence-electron chi connectivity index (χ2n) is 5.87. The lowest BCUT2D eigenvalue weighted by Crippen LogP contribution is -2.44. The number of nitrogens with zero attached hydrogens (tertiary/aromatic N) is 1. The monoisotopic (exact) mass is 297 g/mol. The van der Waals surface area contributed by atoms with Gasteiger partial charge in [0.05, 0.1) is 0 Å². The summed E-state index contributed by atoms with van der Waals surface area (Å²) < 4.78 is 0. The van der Waals surface area contributed by atoms with Crippen molar-refractivity contribution in [3.8, 4) is 0 Å². The van der Waals surface area contributed by atoms with Crippen molar-refractivity contribution in [2.24, 2.45) is 11.7 Å². The number of hydrogen-bond acceptors (Lipinski definition) is 3. The molecule has 0 saturated heterocycles. The third-order valence-corrected chi connectivity index (χ3v) is 4.47. The Balaban J connectivity index is 2.26. The number of nitrogens with two attached hydrogens (primary N) is 1. The maximum absolute atomic E-state index is 12.0. The highest BCUT2D eigenvalue weighted by atomic mass is 16.2. The van der Waals surface area contributed by atoms with E-state index in [1.165, 1.54) is 12.8 Å². The summed E-state index contributed by atoms with van der Waals surface area (Å²) in [7, 11) is 0. The first kappa shape index (κ1) is 18.0. The van der Waals surface area contributed by atoms with E-state index in [4.69, 9.17) is 5.73 Å². The lowest BCUT2D eigenvalue weighted by molar-refractivity contribution is -0.131. The highest BCUT2D eigenvalue weighted by molar-refractivity contribution is 5.79. The van der Waals surface area contributed by atoms with Crippen LogP contribution in [0, 0.1) is 5.92 Å². The molecule has 0 radical (unpaired) electrons. The average Bonchev–Trinajstić information content (AvgIpc) is 2.49. The Bertz CT molecular complexity index is 329. The SMILES string of the molecule is CCN(CC)C(=O)CCCC(=O)NC1CCCCC1CN. The molecule has 2 unspecified atom stereocenters. The fourth-order valence-corrected chi connectivity index (χ4v) is 3.09. The van der Waals surface area contributed by atoms with Crippen LogP contribution >= 0.6 is 0 Å². The Morgan fingerprint density at radius 1 is 1.14 bits per heavy atom. The van der Waals surface area contributed by atoms with Crippen molar-refractivity contribution in [2.75, 3.05) is 19.6 Å². The van der Waals surface area contributed by atoms with E-state index in [0.717, 1.165) is 25.9 Å². The van der Waals surface area contributed by atoms with Crippen LogP contribution in [-0.2, 0) is 9.59 Å². The van der Waals surface area contributed by atoms with Crippen LogP contribution in [0.25, 0.3) is 0 Å². The molecule has 1 fully saturated rings. The van der Waals surface area contributed by atoms with Crippen molar-refractivity contribution in [1.82, 2.24) is 10.2 Å². The number of amides is 2. The van der Waals surface area contributed by atoms with Crippen LogP contribution in [0.3, 0.4) is 0 Å². The minimum Gasteiger partial charge on any atom is -0.353 e. The normalized spacial score (nSPS) is 21.9. The fourth-order valence-electron chi connectivity index (χ4n) is 3.09. The Kier molecular flexibility index (Phi) is 8.35. The molecule has 1 rings (SSSR count). The Morgan fingerprint density at radius 2 is 1.81 bits per heavy atom. The molecule has 5 nitrogen and oxygen atoms in total. The van der Waals surface area contributed by atoms with E-state index in [0.29, 0.717) is 31.7 Å². The van der Waals surface area contributed by atoms with E-state index in [1.807, 2.05) is 18.7 Å². The second-order valence-corrected chi connectivity index (χ2v) is 5.87. The van der Waals surface area contributed by atoms with Crippen molar-refractivity contribution < 1.29 is 9.59 Å². The molecule has 3 N–H and O–H groups in total. The van der Waals surface area contributed by atoms with Crippen molar-refractivity contribution in [2.45, 2.75) is 64.8 Å². The number of nitrogens with one attached hydrogen (secondary N) is 1. The quantitative estimate of drug-likeness (QED) is 0.715. The van der Waals surface area contributed by atoms with E-state index in [2.05, 4.69) is 5.32 Å². The number of carbonyl (C=O) groups excluding carboxylic acids is 2. The molecular formula is C16H31N3O2. The predicted octanol–water partition coefficient (Wildman–Crippen LogP) is 1.66. The summed E-state index contributed by atoms with van der Waals surface area (Å²) in [5, 5.41) is 3.11. The largest absolute Gasteiger partial charge is 0.353 e. The van der Waals surface area contributed by atoms with E-state index in [1.54, 1.807) is 0 Å². The van der Waals surface area contributed by atoms with Gasteiger partial charge in [0, 0.05) is 32.0 Å². The molecule has 122 valence electrons. The van der Waals surface area contributed by atoms with Gasteiger partial charge in [0.2, 0.25) is 11.8 Å². The molecule has 2 amide bonds. The summed E-state index contributed by atoms with van der Waals surface area (Å²) in [5.41, 5.74) is 5.77. The predicted molar refractivity (Wildman–Crippen MR) is 84.7 cm³/mol. The molecule has 1 aliphatic rings. The number of rotatable bonds is 8. The molecule has 0 aromatic rings. The van der Waals surface area contributed by atoms with Gasteiger partial charge in [-0.3, -0.25) is 9.59 Å². The lowest BCUT2D eigenvalue weighted by Gasteiger charge is -2.31. The van der Waals surface area contributed by atoms with Crippen LogP contribution in [0.1, 0.15) is 58.8 Å². The van der Waals surface area contributed by atoms with E-state index >= 15 is 0 Å². The zero-order valence-electron chi connectivity index (χ0n) is 13.6. The molecule has 2 atom stereocenters. The molecule has 5 heteroatoms. The fraction of sp³-hybridized carbons (Fsp3) is 0.875. The van der Waals surface area contributed by atoms with Gasteiger partial charge in [-0.2, -0.15) is 0 Å². The van der Waals surface area contributed by atoms with Gasteiger partial charge in [-0.15, -0.1) is 0 Å². The smallest absolute Gasteiger partial charge is 0.222 e. The van der Waals surface area contributed by atoms with Crippen molar-refractivity contribution in [1.29, 1.82) is 0 Å². The molecule has 0 spiro atoms. The third kappa shape index (κ3) is 6.04. The van der Waals surface area contributed by atoms with Crippen molar-refractivity contribution in [3.05, 3.63) is 0 Å². The second kappa shape index (κ2) is 9.77. The van der Waals surface area contributed by atoms with Gasteiger partial charge in [0.1, 0.15) is 0 Å². The highest BCUT2D eigenvalue weighted by Crippen LogP contribution is 2.23. The third-order valence-electron chi connectivity index (χ3n) is 4.47. The minimum absolute atomic E-state index is 0.0627. The van der Waals surface area contributed by atoms with Gasteiger partial charge >= 0.3 is 0 Å². The van der Waals surface area contributed by atoms with Crippen LogP contribution in [0.2, 0.25) is 0 Å². The number of hydrogen-bond donors (Lipinski definition) is 2. The lowest BCUT2D eigenvalue weighted by atomic mass is 9.84. The maximum atomic E-state index is 12.0. The zero-order valence-corrected chi connectivity index (χ0v) is 13.6. The summed E-state index contributed by atoms with van der Waals surface area (Å²) in [6.07, 6.45) is 6.05. The highest BCUT2D eigenvalue weighted by Gasteiger charge is 2.25. The Labute approximate surface area is 128 Å². The minimum atomic E-state index is 0.0627. The first-order chi connectivity index (χ1) is 10.1. The summed E-state index contributed by atoms with van der Waals surface area (Å²) in [6.45, 7) is 6.07. The average molecular weight is 297 g/mol. The van der Waals surface area contributed by atoms with Crippen molar-refractivity contribution >= 4 is 11.8 Å². The molecule has 0 bridgehead atoms.